The summed E-state index contributed by atoms with van der Waals surface area (Å²) in [5, 5.41) is 16.3. The van der Waals surface area contributed by atoms with Crippen LogP contribution in [0.25, 0.3) is 0 Å². The summed E-state index contributed by atoms with van der Waals surface area (Å²) in [7, 11) is 1.81. The molecule has 6 heteroatoms. The molecule has 2 fully saturated rings. The maximum Gasteiger partial charge on any atom is 0.307 e. The minimum atomic E-state index is -0.838. The van der Waals surface area contributed by atoms with Crippen LogP contribution in [-0.4, -0.2) is 26.8 Å². The fourth-order valence-corrected chi connectivity index (χ4v) is 3.86. The number of carbonyl (C=O) groups excluding carboxylic acids is 1. The van der Waals surface area contributed by atoms with Crippen molar-refractivity contribution >= 4 is 17.7 Å². The number of anilines is 1. The Bertz CT molecular complexity index is 547. The molecule has 2 saturated carbocycles. The number of aryl methyl sites for hydroxylation is 2. The molecule has 0 aliphatic heterocycles. The van der Waals surface area contributed by atoms with E-state index in [1.165, 1.54) is 0 Å². The number of hydrogen-bond acceptors (Lipinski definition) is 3. The maximum absolute atomic E-state index is 12.4. The molecule has 108 valence electrons. The van der Waals surface area contributed by atoms with Gasteiger partial charge in [-0.15, -0.1) is 0 Å². The number of carbonyl (C=O) groups is 2. The molecule has 4 atom stereocenters. The zero-order chi connectivity index (χ0) is 14.4. The maximum atomic E-state index is 12.4. The number of rotatable bonds is 3. The quantitative estimate of drug-likeness (QED) is 0.875. The lowest BCUT2D eigenvalue weighted by Crippen LogP contribution is -2.37. The monoisotopic (exact) mass is 277 g/mol. The number of nitrogens with one attached hydrogen (secondary N) is 1. The van der Waals surface area contributed by atoms with Gasteiger partial charge in [-0.25, -0.2) is 0 Å². The van der Waals surface area contributed by atoms with Gasteiger partial charge in [0.1, 0.15) is 0 Å². The highest BCUT2D eigenvalue weighted by molar-refractivity contribution is 5.95. The van der Waals surface area contributed by atoms with E-state index in [9.17, 15) is 14.7 Å². The molecule has 2 aliphatic rings. The summed E-state index contributed by atoms with van der Waals surface area (Å²) in [6, 6.07) is 1.79. The van der Waals surface area contributed by atoms with Crippen molar-refractivity contribution in [3.8, 4) is 0 Å². The van der Waals surface area contributed by atoms with E-state index < -0.39 is 17.8 Å². The summed E-state index contributed by atoms with van der Waals surface area (Å²) >= 11 is 0. The van der Waals surface area contributed by atoms with E-state index in [0.29, 0.717) is 5.82 Å². The second-order valence-electron chi connectivity index (χ2n) is 6.01. The van der Waals surface area contributed by atoms with Crippen molar-refractivity contribution in [2.75, 3.05) is 5.32 Å². The molecule has 0 radical (unpaired) electrons. The number of aliphatic carboxylic acids is 1. The highest BCUT2D eigenvalue weighted by Gasteiger charge is 2.54. The number of fused-ring (bicyclic) bond motifs is 2. The van der Waals surface area contributed by atoms with E-state index in [0.717, 1.165) is 25.0 Å². The molecule has 1 aromatic rings. The van der Waals surface area contributed by atoms with Gasteiger partial charge in [0.25, 0.3) is 0 Å². The highest BCUT2D eigenvalue weighted by Crippen LogP contribution is 2.52. The molecule has 2 bridgehead atoms. The van der Waals surface area contributed by atoms with E-state index in [-0.39, 0.29) is 17.7 Å². The second kappa shape index (κ2) is 4.61. The van der Waals surface area contributed by atoms with Gasteiger partial charge < -0.3 is 10.4 Å². The van der Waals surface area contributed by atoms with Gasteiger partial charge in [0.2, 0.25) is 5.91 Å². The third-order valence-electron chi connectivity index (χ3n) is 4.87. The van der Waals surface area contributed by atoms with Crippen LogP contribution < -0.4 is 5.32 Å². The molecule has 2 N–H and O–H groups in total. The Kier molecular flexibility index (Phi) is 3.03. The van der Waals surface area contributed by atoms with Gasteiger partial charge in [0.05, 0.1) is 11.8 Å². The van der Waals surface area contributed by atoms with Crippen molar-refractivity contribution in [3.63, 3.8) is 0 Å². The zero-order valence-electron chi connectivity index (χ0n) is 11.7. The lowest BCUT2D eigenvalue weighted by molar-refractivity contribution is -0.148. The first-order chi connectivity index (χ1) is 9.47. The van der Waals surface area contributed by atoms with Crippen LogP contribution >= 0.6 is 0 Å². The number of amides is 1. The minimum Gasteiger partial charge on any atom is -0.481 e. The average Bonchev–Trinajstić information content (AvgIpc) is 3.04. The van der Waals surface area contributed by atoms with Gasteiger partial charge in [0.15, 0.2) is 5.82 Å². The standard InChI is InChI=1S/C14H19N3O3/c1-7-5-10(16-17(7)2)15-13(18)11-8-3-4-9(6-8)12(11)14(19)20/h5,8-9,11-12H,3-4,6H2,1-2H3,(H,19,20)(H,15,16,18)/t8-,9-,11-,12+/m0/s1. The Morgan fingerprint density at radius 1 is 1.35 bits per heavy atom. The average molecular weight is 277 g/mol. The first-order valence-corrected chi connectivity index (χ1v) is 7.01. The van der Waals surface area contributed by atoms with Crippen molar-refractivity contribution in [1.82, 2.24) is 9.78 Å². The van der Waals surface area contributed by atoms with Crippen molar-refractivity contribution in [2.45, 2.75) is 26.2 Å². The summed E-state index contributed by atoms with van der Waals surface area (Å²) in [4.78, 5) is 23.8. The van der Waals surface area contributed by atoms with Crippen molar-refractivity contribution in [1.29, 1.82) is 0 Å². The summed E-state index contributed by atoms with van der Waals surface area (Å²) in [6.07, 6.45) is 2.78. The molecule has 3 rings (SSSR count). The van der Waals surface area contributed by atoms with Gasteiger partial charge >= 0.3 is 5.97 Å². The van der Waals surface area contributed by atoms with E-state index >= 15 is 0 Å². The van der Waals surface area contributed by atoms with Gasteiger partial charge in [0, 0.05) is 18.8 Å². The number of carboxylic acid groups (broad SMARTS) is 1. The van der Waals surface area contributed by atoms with Crippen LogP contribution in [0.5, 0.6) is 0 Å². The topological polar surface area (TPSA) is 84.2 Å². The lowest BCUT2D eigenvalue weighted by Gasteiger charge is -2.26. The van der Waals surface area contributed by atoms with Gasteiger partial charge in [-0.2, -0.15) is 5.10 Å². The Hall–Kier alpha value is -1.85. The third-order valence-corrected chi connectivity index (χ3v) is 4.87. The molecule has 0 unspecified atom stereocenters. The second-order valence-corrected chi connectivity index (χ2v) is 6.01. The molecule has 0 spiro atoms. The molecule has 2 aliphatic carbocycles. The van der Waals surface area contributed by atoms with Crippen LogP contribution in [0.15, 0.2) is 6.07 Å². The summed E-state index contributed by atoms with van der Waals surface area (Å²) in [5.74, 6) is -1.09. The minimum absolute atomic E-state index is 0.165. The molecule has 1 aromatic heterocycles. The number of aromatic nitrogens is 2. The molecule has 0 saturated heterocycles. The van der Waals surface area contributed by atoms with Crippen LogP contribution in [0, 0.1) is 30.6 Å². The molecule has 0 aromatic carbocycles. The molecule has 20 heavy (non-hydrogen) atoms. The third kappa shape index (κ3) is 1.99. The molecular weight excluding hydrogens is 258 g/mol. The Morgan fingerprint density at radius 2 is 2.00 bits per heavy atom. The molecule has 1 amide bonds. The first kappa shape index (κ1) is 13.1. The van der Waals surface area contributed by atoms with Crippen LogP contribution in [0.2, 0.25) is 0 Å². The molecule has 6 nitrogen and oxygen atoms in total. The predicted octanol–water partition coefficient (Wildman–Crippen LogP) is 1.41. The highest BCUT2D eigenvalue weighted by atomic mass is 16.4. The SMILES string of the molecule is Cc1cc(NC(=O)[C@H]2[C@H]3CC[C@@H](C3)[C@H]2C(=O)O)nn1C. The van der Waals surface area contributed by atoms with E-state index in [1.807, 2.05) is 14.0 Å². The van der Waals surface area contributed by atoms with Gasteiger partial charge in [-0.1, -0.05) is 0 Å². The summed E-state index contributed by atoms with van der Waals surface area (Å²) < 4.78 is 1.69. The number of hydrogen-bond donors (Lipinski definition) is 2. The predicted molar refractivity (Wildman–Crippen MR) is 72.0 cm³/mol. The van der Waals surface area contributed by atoms with E-state index in [1.54, 1.807) is 10.7 Å². The van der Waals surface area contributed by atoms with Gasteiger partial charge in [-0.3, -0.25) is 14.3 Å². The molecular formula is C14H19N3O3. The number of nitrogens with zero attached hydrogens (tertiary/aromatic N) is 2. The molecule has 1 heterocycles. The normalized spacial score (nSPS) is 31.5. The summed E-state index contributed by atoms with van der Waals surface area (Å²) in [6.45, 7) is 1.90. The van der Waals surface area contributed by atoms with E-state index in [4.69, 9.17) is 0 Å². The fraction of sp³-hybridized carbons (Fsp3) is 0.643. The van der Waals surface area contributed by atoms with E-state index in [2.05, 4.69) is 10.4 Å². The summed E-state index contributed by atoms with van der Waals surface area (Å²) in [5.41, 5.74) is 0.947. The van der Waals surface area contributed by atoms with Crippen LogP contribution in [0.3, 0.4) is 0 Å². The van der Waals surface area contributed by atoms with Gasteiger partial charge in [-0.05, 0) is 38.0 Å². The Morgan fingerprint density at radius 3 is 2.55 bits per heavy atom. The largest absolute Gasteiger partial charge is 0.481 e. The Labute approximate surface area is 117 Å². The fourth-order valence-electron chi connectivity index (χ4n) is 3.86. The zero-order valence-corrected chi connectivity index (χ0v) is 11.7. The smallest absolute Gasteiger partial charge is 0.307 e. The van der Waals surface area contributed by atoms with Crippen LogP contribution in [0.1, 0.15) is 25.0 Å². The number of carboxylic acids is 1. The van der Waals surface area contributed by atoms with Crippen molar-refractivity contribution in [3.05, 3.63) is 11.8 Å². The van der Waals surface area contributed by atoms with Crippen molar-refractivity contribution in [2.24, 2.45) is 30.7 Å². The van der Waals surface area contributed by atoms with Crippen LogP contribution in [-0.2, 0) is 16.6 Å². The van der Waals surface area contributed by atoms with Crippen molar-refractivity contribution < 1.29 is 14.7 Å². The lowest BCUT2D eigenvalue weighted by atomic mass is 9.79. The first-order valence-electron chi connectivity index (χ1n) is 7.01. The van der Waals surface area contributed by atoms with Crippen LogP contribution in [0.4, 0.5) is 5.82 Å². The Balaban J connectivity index is 1.77.